The average Bonchev–Trinajstić information content (AvgIpc) is 2.46. The van der Waals surface area contributed by atoms with Gasteiger partial charge in [0.25, 0.3) is 0 Å². The van der Waals surface area contributed by atoms with Gasteiger partial charge in [-0.05, 0) is 12.3 Å². The van der Waals surface area contributed by atoms with Crippen molar-refractivity contribution in [2.24, 2.45) is 16.2 Å². The summed E-state index contributed by atoms with van der Waals surface area (Å²) in [4.78, 5) is 0. The molecule has 0 unspecified atom stereocenters. The monoisotopic (exact) mass is 574 g/mol. The summed E-state index contributed by atoms with van der Waals surface area (Å²) in [5.74, 6) is 0. The molecule has 2 heteroatoms. The molecule has 0 aliphatic carbocycles. The van der Waals surface area contributed by atoms with E-state index < -0.39 is 0 Å². The molecule has 0 aliphatic rings. The van der Waals surface area contributed by atoms with Crippen LogP contribution in [0.5, 0.6) is 0 Å². The Bertz CT molecular complexity index is 418. The fourth-order valence-electron chi connectivity index (χ4n) is 1.24. The SMILES string of the molecule is CC=CC=CC(C)(C)C.CC=CC=[C-]C(C)(C)C.CC=CC=[C-]C(C)(C)C.[Ru+2].[Ru]. The zero-order valence-corrected chi connectivity index (χ0v) is 24.5. The molecule has 0 heterocycles. The number of hydrogen-bond donors (Lipinski definition) is 0. The van der Waals surface area contributed by atoms with Gasteiger partial charge in [0.15, 0.2) is 0 Å². The molecule has 0 nitrogen and oxygen atoms in total. The van der Waals surface area contributed by atoms with Gasteiger partial charge in [0, 0.05) is 19.5 Å². The minimum atomic E-state index is 0. The Hall–Kier alpha value is -0.313. The van der Waals surface area contributed by atoms with Crippen molar-refractivity contribution >= 4 is 0 Å². The quantitative estimate of drug-likeness (QED) is 0.180. The van der Waals surface area contributed by atoms with Gasteiger partial charge in [-0.1, -0.05) is 111 Å². The van der Waals surface area contributed by atoms with E-state index in [1.165, 1.54) is 0 Å². The van der Waals surface area contributed by atoms with E-state index in [0.29, 0.717) is 5.41 Å². The third-order valence-electron chi connectivity index (χ3n) is 2.51. The van der Waals surface area contributed by atoms with E-state index in [1.807, 2.05) is 69.4 Å². The van der Waals surface area contributed by atoms with E-state index in [0.717, 1.165) is 0 Å². The fourth-order valence-corrected chi connectivity index (χ4v) is 1.24. The Morgan fingerprint density at radius 1 is 0.517 bits per heavy atom. The molecule has 0 bridgehead atoms. The summed E-state index contributed by atoms with van der Waals surface area (Å²) in [6.45, 7) is 25.4. The van der Waals surface area contributed by atoms with Gasteiger partial charge in [0.05, 0.1) is 0 Å². The zero-order chi connectivity index (χ0) is 22.0. The van der Waals surface area contributed by atoms with Gasteiger partial charge in [-0.3, -0.25) is 12.2 Å². The van der Waals surface area contributed by atoms with Crippen LogP contribution in [0.3, 0.4) is 0 Å². The van der Waals surface area contributed by atoms with Gasteiger partial charge in [-0.15, -0.1) is 0 Å². The van der Waals surface area contributed by atoms with E-state index >= 15 is 0 Å². The van der Waals surface area contributed by atoms with Crippen molar-refractivity contribution in [2.45, 2.75) is 83.1 Å². The van der Waals surface area contributed by atoms with Crippen molar-refractivity contribution in [3.8, 4) is 0 Å². The molecule has 0 N–H and O–H groups in total. The van der Waals surface area contributed by atoms with Crippen LogP contribution in [0.4, 0.5) is 0 Å². The molecule has 0 aliphatic heterocycles. The predicted molar refractivity (Wildman–Crippen MR) is 128 cm³/mol. The standard InChI is InChI=1S/C9H16.2C9H15.2Ru/c3*1-5-6-7-8-9(2,3)4;;/h5-8H,1-4H3;2*5-7H,1-4H3;;/q;2*-1;;+2. The summed E-state index contributed by atoms with van der Waals surface area (Å²) in [6.07, 6.45) is 26.7. The van der Waals surface area contributed by atoms with E-state index in [-0.39, 0.29) is 49.8 Å². The Morgan fingerprint density at radius 2 is 0.828 bits per heavy atom. The van der Waals surface area contributed by atoms with E-state index in [9.17, 15) is 0 Å². The molecular formula is C27H46Ru2. The first-order chi connectivity index (χ1) is 12.2. The molecule has 0 aromatic heterocycles. The van der Waals surface area contributed by atoms with Crippen LogP contribution < -0.4 is 0 Å². The van der Waals surface area contributed by atoms with Crippen LogP contribution in [-0.4, -0.2) is 0 Å². The van der Waals surface area contributed by atoms with E-state index in [1.54, 1.807) is 0 Å². The summed E-state index contributed by atoms with van der Waals surface area (Å²) in [6, 6.07) is 0. The molecule has 0 saturated heterocycles. The number of rotatable bonds is 3. The Kier molecular flexibility index (Phi) is 30.2. The molecule has 0 aromatic carbocycles. The van der Waals surface area contributed by atoms with Crippen molar-refractivity contribution in [3.63, 3.8) is 0 Å². The molecule has 0 fully saturated rings. The summed E-state index contributed by atoms with van der Waals surface area (Å²) < 4.78 is 0. The Labute approximate surface area is 210 Å². The van der Waals surface area contributed by atoms with Gasteiger partial charge in [-0.2, -0.15) is 12.2 Å². The summed E-state index contributed by atoms with van der Waals surface area (Å²) in [5, 5.41) is 0. The maximum absolute atomic E-state index is 3.21. The molecule has 0 rings (SSSR count). The molecule has 0 atom stereocenters. The number of allylic oxidation sites excluding steroid dienone is 12. The van der Waals surface area contributed by atoms with E-state index in [2.05, 4.69) is 86.6 Å². The molecule has 0 saturated carbocycles. The largest absolute Gasteiger partial charge is 2.00 e. The third kappa shape index (κ3) is 58.4. The average molecular weight is 573 g/mol. The first-order valence-electron chi connectivity index (χ1n) is 9.93. The Morgan fingerprint density at radius 3 is 1.03 bits per heavy atom. The van der Waals surface area contributed by atoms with Crippen LogP contribution >= 0.6 is 0 Å². The molecule has 0 spiro atoms. The fraction of sp³-hybridized carbons (Fsp3) is 0.556. The van der Waals surface area contributed by atoms with Crippen LogP contribution in [0, 0.1) is 28.4 Å². The van der Waals surface area contributed by atoms with Gasteiger partial charge >= 0.3 is 19.5 Å². The van der Waals surface area contributed by atoms with Crippen molar-refractivity contribution in [3.05, 3.63) is 72.9 Å². The molecule has 170 valence electrons. The number of hydrogen-bond acceptors (Lipinski definition) is 0. The molecule has 0 aromatic rings. The van der Waals surface area contributed by atoms with E-state index in [4.69, 9.17) is 0 Å². The molecule has 29 heavy (non-hydrogen) atoms. The van der Waals surface area contributed by atoms with Crippen molar-refractivity contribution in [1.29, 1.82) is 0 Å². The van der Waals surface area contributed by atoms with Gasteiger partial charge < -0.3 is 0 Å². The molecular weight excluding hydrogens is 526 g/mol. The van der Waals surface area contributed by atoms with Crippen molar-refractivity contribution in [1.82, 2.24) is 0 Å². The first-order valence-corrected chi connectivity index (χ1v) is 9.93. The zero-order valence-electron chi connectivity index (χ0n) is 21.0. The van der Waals surface area contributed by atoms with Crippen molar-refractivity contribution < 1.29 is 39.0 Å². The van der Waals surface area contributed by atoms with Crippen LogP contribution in [-0.2, 0) is 39.0 Å². The van der Waals surface area contributed by atoms with Crippen LogP contribution in [0.2, 0.25) is 0 Å². The van der Waals surface area contributed by atoms with Gasteiger partial charge in [0.2, 0.25) is 0 Å². The summed E-state index contributed by atoms with van der Waals surface area (Å²) in [7, 11) is 0. The maximum atomic E-state index is 3.21. The normalized spacial score (nSPS) is 12.8. The minimum Gasteiger partial charge on any atom is -0.270 e. The second-order valence-electron chi connectivity index (χ2n) is 9.42. The van der Waals surface area contributed by atoms with Gasteiger partial charge in [-0.25, -0.2) is 24.3 Å². The predicted octanol–water partition coefficient (Wildman–Crippen LogP) is 9.10. The smallest absolute Gasteiger partial charge is 0.270 e. The van der Waals surface area contributed by atoms with Crippen LogP contribution in [0.25, 0.3) is 0 Å². The molecule has 0 radical (unpaired) electrons. The second kappa shape index (κ2) is 22.4. The summed E-state index contributed by atoms with van der Waals surface area (Å²) in [5.41, 5.74) is 0.707. The minimum absolute atomic E-state index is 0. The maximum Gasteiger partial charge on any atom is 2.00 e. The summed E-state index contributed by atoms with van der Waals surface area (Å²) >= 11 is 0. The second-order valence-corrected chi connectivity index (χ2v) is 9.42. The Balaban J connectivity index is -0.0000000960. The van der Waals surface area contributed by atoms with Crippen LogP contribution in [0.1, 0.15) is 83.1 Å². The third-order valence-corrected chi connectivity index (χ3v) is 2.51. The van der Waals surface area contributed by atoms with Crippen molar-refractivity contribution in [2.75, 3.05) is 0 Å². The van der Waals surface area contributed by atoms with Crippen LogP contribution in [0.15, 0.2) is 60.8 Å². The molecule has 0 amide bonds. The van der Waals surface area contributed by atoms with Gasteiger partial charge in [0.1, 0.15) is 0 Å². The first kappa shape index (κ1) is 39.2. The topological polar surface area (TPSA) is 0 Å².